The standard InChI is InChI=1S/C12H25N5O3/c1-12(16-17-12)6-4-8-15-11(20)14-7-3-2-5-9(13)10(18)19/h9,16-17H,2-8,13H2,1H3,(H,18,19)(H2,14,15,20). The minimum absolute atomic E-state index is 0.0427. The lowest BCUT2D eigenvalue weighted by atomic mass is 10.1. The molecule has 1 heterocycles. The molecule has 116 valence electrons. The number of unbranched alkanes of at least 4 members (excludes halogenated alkanes) is 1. The van der Waals surface area contributed by atoms with Crippen LogP contribution in [0.3, 0.4) is 0 Å². The van der Waals surface area contributed by atoms with Gasteiger partial charge in [-0.25, -0.2) is 15.6 Å². The average molecular weight is 287 g/mol. The van der Waals surface area contributed by atoms with E-state index >= 15 is 0 Å². The van der Waals surface area contributed by atoms with E-state index < -0.39 is 12.0 Å². The molecule has 0 bridgehead atoms. The molecule has 0 spiro atoms. The maximum atomic E-state index is 11.4. The first kappa shape index (κ1) is 16.7. The number of amides is 2. The van der Waals surface area contributed by atoms with Gasteiger partial charge in [0.25, 0.3) is 0 Å². The summed E-state index contributed by atoms with van der Waals surface area (Å²) < 4.78 is 0. The molecule has 20 heavy (non-hydrogen) atoms. The zero-order chi connectivity index (χ0) is 15.0. The predicted molar refractivity (Wildman–Crippen MR) is 74.8 cm³/mol. The molecule has 0 saturated carbocycles. The molecule has 8 nitrogen and oxygen atoms in total. The fourth-order valence-electron chi connectivity index (χ4n) is 1.75. The third-order valence-corrected chi connectivity index (χ3v) is 3.24. The molecule has 1 atom stereocenters. The monoisotopic (exact) mass is 287 g/mol. The van der Waals surface area contributed by atoms with Crippen LogP contribution >= 0.6 is 0 Å². The summed E-state index contributed by atoms with van der Waals surface area (Å²) in [5.41, 5.74) is 11.5. The lowest BCUT2D eigenvalue weighted by Crippen LogP contribution is -2.37. The van der Waals surface area contributed by atoms with Gasteiger partial charge in [0.15, 0.2) is 0 Å². The van der Waals surface area contributed by atoms with Gasteiger partial charge in [-0.1, -0.05) is 0 Å². The lowest BCUT2D eigenvalue weighted by molar-refractivity contribution is -0.138. The molecule has 0 aromatic heterocycles. The van der Waals surface area contributed by atoms with Crippen molar-refractivity contribution in [3.8, 4) is 0 Å². The summed E-state index contributed by atoms with van der Waals surface area (Å²) in [6.45, 7) is 3.22. The first-order valence-corrected chi connectivity index (χ1v) is 6.97. The Hall–Kier alpha value is -1.38. The van der Waals surface area contributed by atoms with Gasteiger partial charge in [0.2, 0.25) is 0 Å². The Morgan fingerprint density at radius 1 is 1.20 bits per heavy atom. The second kappa shape index (κ2) is 8.03. The average Bonchev–Trinajstić information content (AvgIpc) is 3.12. The summed E-state index contributed by atoms with van der Waals surface area (Å²) in [6, 6.07) is -0.996. The quantitative estimate of drug-likeness (QED) is 0.235. The molecular weight excluding hydrogens is 262 g/mol. The van der Waals surface area contributed by atoms with E-state index in [2.05, 4.69) is 28.4 Å². The van der Waals surface area contributed by atoms with E-state index in [4.69, 9.17) is 10.8 Å². The van der Waals surface area contributed by atoms with Crippen molar-refractivity contribution in [3.63, 3.8) is 0 Å². The zero-order valence-corrected chi connectivity index (χ0v) is 11.9. The topological polar surface area (TPSA) is 148 Å². The van der Waals surface area contributed by atoms with Gasteiger partial charge in [-0.3, -0.25) is 4.79 Å². The number of hydrogen-bond acceptors (Lipinski definition) is 5. The Kier molecular flexibility index (Phi) is 6.69. The van der Waals surface area contributed by atoms with Crippen molar-refractivity contribution in [1.82, 2.24) is 21.5 Å². The van der Waals surface area contributed by atoms with Crippen molar-refractivity contribution in [2.45, 2.75) is 50.7 Å². The van der Waals surface area contributed by atoms with Gasteiger partial charge in [0.05, 0.1) is 5.66 Å². The van der Waals surface area contributed by atoms with Crippen molar-refractivity contribution in [3.05, 3.63) is 0 Å². The van der Waals surface area contributed by atoms with Crippen LogP contribution in [0.1, 0.15) is 39.0 Å². The Balaban J connectivity index is 1.88. The van der Waals surface area contributed by atoms with Crippen LogP contribution in [0, 0.1) is 0 Å². The molecule has 1 fully saturated rings. The maximum Gasteiger partial charge on any atom is 0.320 e. The lowest BCUT2D eigenvalue weighted by Gasteiger charge is -2.09. The number of carbonyl (C=O) groups is 2. The Bertz CT molecular complexity index is 333. The van der Waals surface area contributed by atoms with Crippen LogP contribution < -0.4 is 27.2 Å². The molecule has 0 aromatic rings. The van der Waals surface area contributed by atoms with Gasteiger partial charge in [0.1, 0.15) is 6.04 Å². The molecule has 1 rings (SSSR count). The number of aliphatic carboxylic acids is 1. The highest BCUT2D eigenvalue weighted by molar-refractivity contribution is 5.73. The molecular formula is C12H25N5O3. The van der Waals surface area contributed by atoms with E-state index in [0.717, 1.165) is 19.3 Å². The first-order valence-electron chi connectivity index (χ1n) is 6.97. The minimum Gasteiger partial charge on any atom is -0.480 e. The Morgan fingerprint density at radius 3 is 2.35 bits per heavy atom. The number of carboxylic acids is 1. The summed E-state index contributed by atoms with van der Waals surface area (Å²) in [6.07, 6.45) is 3.69. The smallest absolute Gasteiger partial charge is 0.320 e. The van der Waals surface area contributed by atoms with Crippen molar-refractivity contribution in [2.24, 2.45) is 5.73 Å². The fourth-order valence-corrected chi connectivity index (χ4v) is 1.75. The van der Waals surface area contributed by atoms with Crippen molar-refractivity contribution in [2.75, 3.05) is 13.1 Å². The highest BCUT2D eigenvalue weighted by atomic mass is 16.4. The van der Waals surface area contributed by atoms with Gasteiger partial charge in [-0.05, 0) is 39.0 Å². The Morgan fingerprint density at radius 2 is 1.80 bits per heavy atom. The summed E-state index contributed by atoms with van der Waals surface area (Å²) in [5, 5.41) is 14.1. The number of rotatable bonds is 10. The summed E-state index contributed by atoms with van der Waals surface area (Å²) in [5.74, 6) is -0.982. The SMILES string of the molecule is CC1(CCCNC(=O)NCCCCC(N)C(=O)O)NN1. The van der Waals surface area contributed by atoms with Crippen molar-refractivity contribution in [1.29, 1.82) is 0 Å². The molecule has 1 aliphatic rings. The normalized spacial score (nSPS) is 17.3. The van der Waals surface area contributed by atoms with E-state index in [0.29, 0.717) is 25.9 Å². The number of urea groups is 1. The molecule has 0 radical (unpaired) electrons. The van der Waals surface area contributed by atoms with Crippen molar-refractivity contribution < 1.29 is 14.7 Å². The summed E-state index contributed by atoms with van der Waals surface area (Å²) in [4.78, 5) is 21.9. The van der Waals surface area contributed by atoms with Gasteiger partial charge in [-0.15, -0.1) is 0 Å². The van der Waals surface area contributed by atoms with Gasteiger partial charge in [0, 0.05) is 13.1 Å². The van der Waals surface area contributed by atoms with Crippen LogP contribution in [0.15, 0.2) is 0 Å². The first-order chi connectivity index (χ1) is 9.43. The van der Waals surface area contributed by atoms with Crippen LogP contribution in [-0.2, 0) is 4.79 Å². The number of nitrogens with two attached hydrogens (primary N) is 1. The number of carboxylic acid groups (broad SMARTS) is 1. The van der Waals surface area contributed by atoms with Crippen LogP contribution in [0.5, 0.6) is 0 Å². The summed E-state index contributed by atoms with van der Waals surface area (Å²) >= 11 is 0. The number of hydrogen-bond donors (Lipinski definition) is 6. The minimum atomic E-state index is -0.982. The highest BCUT2D eigenvalue weighted by Crippen LogP contribution is 2.14. The van der Waals surface area contributed by atoms with E-state index in [9.17, 15) is 9.59 Å². The van der Waals surface area contributed by atoms with Crippen LogP contribution in [-0.4, -0.2) is 41.9 Å². The molecule has 1 unspecified atom stereocenters. The second-order valence-electron chi connectivity index (χ2n) is 5.31. The molecule has 1 saturated heterocycles. The molecule has 1 aliphatic heterocycles. The molecule has 0 aromatic carbocycles. The van der Waals surface area contributed by atoms with E-state index in [1.807, 2.05) is 0 Å². The molecule has 0 aliphatic carbocycles. The Labute approximate surface area is 118 Å². The largest absolute Gasteiger partial charge is 0.480 e. The van der Waals surface area contributed by atoms with E-state index in [1.165, 1.54) is 0 Å². The summed E-state index contributed by atoms with van der Waals surface area (Å²) in [7, 11) is 0. The number of carbonyl (C=O) groups excluding carboxylic acids is 1. The maximum absolute atomic E-state index is 11.4. The second-order valence-corrected chi connectivity index (χ2v) is 5.31. The van der Waals surface area contributed by atoms with Crippen LogP contribution in [0.4, 0.5) is 4.79 Å². The van der Waals surface area contributed by atoms with E-state index in [-0.39, 0.29) is 11.7 Å². The van der Waals surface area contributed by atoms with Gasteiger partial charge in [-0.2, -0.15) is 0 Å². The predicted octanol–water partition coefficient (Wildman–Crippen LogP) is -0.528. The van der Waals surface area contributed by atoms with Crippen LogP contribution in [0.25, 0.3) is 0 Å². The number of hydrazine groups is 1. The third kappa shape index (κ3) is 7.27. The zero-order valence-electron chi connectivity index (χ0n) is 11.9. The molecule has 2 amide bonds. The van der Waals surface area contributed by atoms with E-state index in [1.54, 1.807) is 0 Å². The third-order valence-electron chi connectivity index (χ3n) is 3.24. The number of nitrogens with one attached hydrogen (secondary N) is 4. The van der Waals surface area contributed by atoms with Crippen molar-refractivity contribution >= 4 is 12.0 Å². The molecule has 8 heteroatoms. The fraction of sp³-hybridized carbons (Fsp3) is 0.833. The highest BCUT2D eigenvalue weighted by Gasteiger charge is 2.34. The van der Waals surface area contributed by atoms with Gasteiger partial charge < -0.3 is 21.5 Å². The molecule has 7 N–H and O–H groups in total. The van der Waals surface area contributed by atoms with Gasteiger partial charge >= 0.3 is 12.0 Å². The van der Waals surface area contributed by atoms with Crippen LogP contribution in [0.2, 0.25) is 0 Å².